The lowest BCUT2D eigenvalue weighted by atomic mass is 10.2. The molecule has 0 amide bonds. The average molecular weight is 436 g/mol. The van der Waals surface area contributed by atoms with E-state index in [1.807, 2.05) is 0 Å². The lowest BCUT2D eigenvalue weighted by Gasteiger charge is -2.11. The molecule has 0 fully saturated rings. The van der Waals surface area contributed by atoms with E-state index in [2.05, 4.69) is 5.10 Å². The van der Waals surface area contributed by atoms with Gasteiger partial charge in [0.15, 0.2) is 4.90 Å². The first-order valence-electron chi connectivity index (χ1n) is 9.31. The third-order valence-corrected chi connectivity index (χ3v) is 6.47. The van der Waals surface area contributed by atoms with Crippen molar-refractivity contribution in [2.75, 3.05) is 0 Å². The number of para-hydroxylation sites is 1. The molecule has 0 spiro atoms. The zero-order chi connectivity index (χ0) is 22.0. The van der Waals surface area contributed by atoms with E-state index < -0.39 is 21.6 Å². The number of hydrogen-bond donors (Lipinski definition) is 0. The molecule has 0 aliphatic rings. The van der Waals surface area contributed by atoms with E-state index >= 15 is 0 Å². The van der Waals surface area contributed by atoms with Crippen LogP contribution < -0.4 is 4.74 Å². The SMILES string of the molecule is Cc1nn(-c2ccccc2)c(OC(=O)c2ccccc2F)c1S(=O)(=O)c1ccccc1. The van der Waals surface area contributed by atoms with Gasteiger partial charge in [0.2, 0.25) is 15.7 Å². The molecule has 0 aliphatic carbocycles. The van der Waals surface area contributed by atoms with Gasteiger partial charge >= 0.3 is 5.97 Å². The van der Waals surface area contributed by atoms with Crippen LogP contribution >= 0.6 is 0 Å². The topological polar surface area (TPSA) is 78.3 Å². The lowest BCUT2D eigenvalue weighted by molar-refractivity contribution is 0.0713. The van der Waals surface area contributed by atoms with Crippen LogP contribution in [0.3, 0.4) is 0 Å². The third kappa shape index (κ3) is 3.85. The van der Waals surface area contributed by atoms with E-state index in [1.165, 1.54) is 41.9 Å². The summed E-state index contributed by atoms with van der Waals surface area (Å²) in [5, 5.41) is 4.31. The Labute approximate surface area is 178 Å². The first kappa shape index (κ1) is 20.5. The number of carbonyl (C=O) groups is 1. The minimum absolute atomic E-state index is 0.0221. The van der Waals surface area contributed by atoms with Crippen LogP contribution in [0.15, 0.2) is 94.7 Å². The molecule has 31 heavy (non-hydrogen) atoms. The molecule has 1 aromatic heterocycles. The molecular formula is C23H17FN2O4S. The summed E-state index contributed by atoms with van der Waals surface area (Å²) in [6, 6.07) is 21.7. The van der Waals surface area contributed by atoms with Crippen LogP contribution in [0, 0.1) is 12.7 Å². The van der Waals surface area contributed by atoms with E-state index in [4.69, 9.17) is 4.74 Å². The molecule has 156 valence electrons. The summed E-state index contributed by atoms with van der Waals surface area (Å²) in [5.74, 6) is -2.11. The Morgan fingerprint density at radius 1 is 0.903 bits per heavy atom. The predicted octanol–water partition coefficient (Wildman–Crippen LogP) is 4.37. The normalized spacial score (nSPS) is 11.3. The molecule has 0 bridgehead atoms. The van der Waals surface area contributed by atoms with Gasteiger partial charge in [0.1, 0.15) is 5.82 Å². The van der Waals surface area contributed by atoms with E-state index in [9.17, 15) is 17.6 Å². The van der Waals surface area contributed by atoms with Gasteiger partial charge in [-0.2, -0.15) is 9.78 Å². The van der Waals surface area contributed by atoms with Crippen LogP contribution in [0.5, 0.6) is 5.88 Å². The van der Waals surface area contributed by atoms with Gasteiger partial charge in [0, 0.05) is 0 Å². The van der Waals surface area contributed by atoms with Gasteiger partial charge in [-0.15, -0.1) is 0 Å². The second-order valence-corrected chi connectivity index (χ2v) is 8.54. The van der Waals surface area contributed by atoms with E-state index in [-0.39, 0.29) is 26.9 Å². The highest BCUT2D eigenvalue weighted by atomic mass is 32.2. The number of rotatable bonds is 5. The molecule has 0 N–H and O–H groups in total. The van der Waals surface area contributed by atoms with Crippen molar-refractivity contribution in [3.05, 3.63) is 102 Å². The van der Waals surface area contributed by atoms with Crippen LogP contribution in [0.1, 0.15) is 16.1 Å². The van der Waals surface area contributed by atoms with Gasteiger partial charge in [-0.1, -0.05) is 48.5 Å². The summed E-state index contributed by atoms with van der Waals surface area (Å²) >= 11 is 0. The number of halogens is 1. The summed E-state index contributed by atoms with van der Waals surface area (Å²) < 4.78 is 47.6. The van der Waals surface area contributed by atoms with Crippen molar-refractivity contribution in [1.82, 2.24) is 9.78 Å². The number of aryl methyl sites for hydroxylation is 1. The zero-order valence-corrected chi connectivity index (χ0v) is 17.2. The summed E-state index contributed by atoms with van der Waals surface area (Å²) in [5.41, 5.74) is 0.310. The largest absolute Gasteiger partial charge is 0.402 e. The Balaban J connectivity index is 1.91. The summed E-state index contributed by atoms with van der Waals surface area (Å²) in [7, 11) is -4.08. The maximum Gasteiger partial charge on any atom is 0.347 e. The number of esters is 1. The summed E-state index contributed by atoms with van der Waals surface area (Å²) in [4.78, 5) is 12.5. The van der Waals surface area contributed by atoms with Crippen molar-refractivity contribution in [1.29, 1.82) is 0 Å². The van der Waals surface area contributed by atoms with Gasteiger partial charge in [-0.05, 0) is 43.3 Å². The Bertz CT molecular complexity index is 1350. The van der Waals surface area contributed by atoms with Crippen LogP contribution in [-0.4, -0.2) is 24.2 Å². The Kier molecular flexibility index (Phi) is 5.39. The number of ether oxygens (including phenoxy) is 1. The van der Waals surface area contributed by atoms with Gasteiger partial charge in [-0.3, -0.25) is 0 Å². The standard InChI is InChI=1S/C23H17FN2O4S/c1-16-21(31(28,29)18-12-6-3-7-13-18)22(26(25-16)17-10-4-2-5-11-17)30-23(27)19-14-8-9-15-20(19)24/h2-15H,1H3. The van der Waals surface area contributed by atoms with E-state index in [0.717, 1.165) is 6.07 Å². The fourth-order valence-corrected chi connectivity index (χ4v) is 4.66. The van der Waals surface area contributed by atoms with Crippen molar-refractivity contribution >= 4 is 15.8 Å². The van der Waals surface area contributed by atoms with Gasteiger partial charge < -0.3 is 4.74 Å². The molecule has 8 heteroatoms. The smallest absolute Gasteiger partial charge is 0.347 e. The fourth-order valence-electron chi connectivity index (χ4n) is 3.12. The summed E-state index contributed by atoms with van der Waals surface area (Å²) in [6.07, 6.45) is 0. The number of carbonyl (C=O) groups excluding carboxylic acids is 1. The first-order chi connectivity index (χ1) is 14.9. The molecule has 4 aromatic rings. The molecule has 1 heterocycles. The minimum atomic E-state index is -4.08. The highest BCUT2D eigenvalue weighted by molar-refractivity contribution is 7.91. The van der Waals surface area contributed by atoms with Crippen molar-refractivity contribution < 1.29 is 22.3 Å². The Morgan fingerprint density at radius 3 is 2.13 bits per heavy atom. The fraction of sp³-hybridized carbons (Fsp3) is 0.0435. The van der Waals surface area contributed by atoms with Crippen LogP contribution in [-0.2, 0) is 9.84 Å². The average Bonchev–Trinajstić information content (AvgIpc) is 3.11. The van der Waals surface area contributed by atoms with Gasteiger partial charge in [-0.25, -0.2) is 17.6 Å². The van der Waals surface area contributed by atoms with Crippen LogP contribution in [0.4, 0.5) is 4.39 Å². The molecule has 0 radical (unpaired) electrons. The molecule has 4 rings (SSSR count). The number of benzene rings is 3. The Hall–Kier alpha value is -3.78. The van der Waals surface area contributed by atoms with Crippen LogP contribution in [0.2, 0.25) is 0 Å². The second-order valence-electron chi connectivity index (χ2n) is 6.65. The molecule has 0 unspecified atom stereocenters. The molecule has 0 saturated carbocycles. The molecule has 6 nitrogen and oxygen atoms in total. The van der Waals surface area contributed by atoms with Crippen molar-refractivity contribution in [3.63, 3.8) is 0 Å². The molecule has 0 atom stereocenters. The molecule has 0 aliphatic heterocycles. The van der Waals surface area contributed by atoms with E-state index in [1.54, 1.807) is 48.5 Å². The van der Waals surface area contributed by atoms with Crippen molar-refractivity contribution in [3.8, 4) is 11.6 Å². The minimum Gasteiger partial charge on any atom is -0.402 e. The number of sulfone groups is 1. The quantitative estimate of drug-likeness (QED) is 0.434. The highest BCUT2D eigenvalue weighted by Gasteiger charge is 2.32. The van der Waals surface area contributed by atoms with E-state index in [0.29, 0.717) is 5.69 Å². The number of nitrogens with zero attached hydrogens (tertiary/aromatic N) is 2. The maximum atomic E-state index is 14.1. The number of hydrogen-bond acceptors (Lipinski definition) is 5. The second kappa shape index (κ2) is 8.16. The third-order valence-electron chi connectivity index (χ3n) is 4.57. The first-order valence-corrected chi connectivity index (χ1v) is 10.8. The Morgan fingerprint density at radius 2 is 1.48 bits per heavy atom. The lowest BCUT2D eigenvalue weighted by Crippen LogP contribution is -2.15. The number of aromatic nitrogens is 2. The van der Waals surface area contributed by atoms with Crippen molar-refractivity contribution in [2.45, 2.75) is 16.7 Å². The van der Waals surface area contributed by atoms with Gasteiger partial charge in [0.25, 0.3) is 0 Å². The van der Waals surface area contributed by atoms with Gasteiger partial charge in [0.05, 0.1) is 21.8 Å². The predicted molar refractivity (Wildman–Crippen MR) is 112 cm³/mol. The van der Waals surface area contributed by atoms with Crippen molar-refractivity contribution in [2.24, 2.45) is 0 Å². The van der Waals surface area contributed by atoms with Crippen LogP contribution in [0.25, 0.3) is 5.69 Å². The monoisotopic (exact) mass is 436 g/mol. The molecule has 3 aromatic carbocycles. The highest BCUT2D eigenvalue weighted by Crippen LogP contribution is 2.35. The maximum absolute atomic E-state index is 14.1. The zero-order valence-electron chi connectivity index (χ0n) is 16.4. The summed E-state index contributed by atoms with van der Waals surface area (Å²) in [6.45, 7) is 1.51. The molecule has 0 saturated heterocycles. The molecular weight excluding hydrogens is 419 g/mol.